The van der Waals surface area contributed by atoms with Crippen LogP contribution in [0.5, 0.6) is 11.5 Å². The quantitative estimate of drug-likeness (QED) is 0.912. The summed E-state index contributed by atoms with van der Waals surface area (Å²) in [5, 5.41) is 10.6. The summed E-state index contributed by atoms with van der Waals surface area (Å²) in [7, 11) is 0. The first-order valence-corrected chi connectivity index (χ1v) is 6.73. The molecule has 0 aliphatic carbocycles. The van der Waals surface area contributed by atoms with E-state index in [1.165, 1.54) is 12.1 Å². The second kappa shape index (κ2) is 6.70. The highest BCUT2D eigenvalue weighted by molar-refractivity contribution is 5.65. The van der Waals surface area contributed by atoms with Gasteiger partial charge in [0.15, 0.2) is 0 Å². The van der Waals surface area contributed by atoms with Crippen LogP contribution in [-0.4, -0.2) is 5.97 Å². The third-order valence-electron chi connectivity index (χ3n) is 3.14. The normalized spacial score (nSPS) is 12.7. The number of ether oxygens (including phenoxy) is 1. The first kappa shape index (κ1) is 16.8. The second-order valence-electron chi connectivity index (χ2n) is 4.97. The Bertz CT molecular complexity index is 701. The third-order valence-corrected chi connectivity index (χ3v) is 3.14. The molecule has 0 aromatic heterocycles. The second-order valence-corrected chi connectivity index (χ2v) is 4.97. The number of hydrogen-bond donors (Lipinski definition) is 1. The van der Waals surface area contributed by atoms with Crippen molar-refractivity contribution in [2.24, 2.45) is 0 Å². The number of aliphatic carboxylic acids is 1. The van der Waals surface area contributed by atoms with Gasteiger partial charge in [-0.2, -0.15) is 13.2 Å². The van der Waals surface area contributed by atoms with Gasteiger partial charge < -0.3 is 20.4 Å². The molecule has 1 atom stereocenters. The van der Waals surface area contributed by atoms with Gasteiger partial charge in [-0.25, -0.2) is 0 Å². The first-order chi connectivity index (χ1) is 10.8. The van der Waals surface area contributed by atoms with Crippen LogP contribution in [0, 0.1) is 0 Å². The van der Waals surface area contributed by atoms with Crippen molar-refractivity contribution in [2.75, 3.05) is 0 Å². The van der Waals surface area contributed by atoms with Crippen LogP contribution in [0.1, 0.15) is 23.6 Å². The summed E-state index contributed by atoms with van der Waals surface area (Å²) in [4.78, 5) is 10.6. The Kier molecular flexibility index (Phi) is 4.90. The Hall–Kier alpha value is -2.54. The van der Waals surface area contributed by atoms with E-state index >= 15 is 0 Å². The van der Waals surface area contributed by atoms with E-state index in [0.29, 0.717) is 11.3 Å². The minimum Gasteiger partial charge on any atom is -0.550 e. The molecule has 0 radical (unpaired) electrons. The molecule has 0 saturated heterocycles. The monoisotopic (exact) mass is 325 g/mol. The molecule has 7 heteroatoms. The lowest BCUT2D eigenvalue weighted by Gasteiger charge is -2.13. The number of quaternary nitrogens is 1. The standard InChI is InChI=1S/C16H14F3NO3/c17-16(18,19)11-4-2-6-13(8-11)23-12-5-1-3-10(7-12)14(20)9-15(21)22/h1-8,14H,9,20H2,(H,21,22)/t14-/m0/s1. The zero-order valence-electron chi connectivity index (χ0n) is 12.0. The molecule has 0 aliphatic heterocycles. The SMILES string of the molecule is [NH3+][C@@H](CC(=O)[O-])c1cccc(Oc2cccc(C(F)(F)F)c2)c1. The zero-order chi connectivity index (χ0) is 17.0. The van der Waals surface area contributed by atoms with E-state index in [2.05, 4.69) is 5.73 Å². The van der Waals surface area contributed by atoms with Crippen molar-refractivity contribution in [3.8, 4) is 11.5 Å². The van der Waals surface area contributed by atoms with Gasteiger partial charge in [0.1, 0.15) is 17.5 Å². The number of hydrogen-bond acceptors (Lipinski definition) is 3. The van der Waals surface area contributed by atoms with E-state index in [-0.39, 0.29) is 12.2 Å². The topological polar surface area (TPSA) is 77.0 Å². The smallest absolute Gasteiger partial charge is 0.416 e. The molecular formula is C16H14F3NO3. The van der Waals surface area contributed by atoms with Gasteiger partial charge in [-0.1, -0.05) is 18.2 Å². The Morgan fingerprint density at radius 1 is 1.13 bits per heavy atom. The van der Waals surface area contributed by atoms with Crippen molar-refractivity contribution in [2.45, 2.75) is 18.6 Å². The number of halogens is 3. The first-order valence-electron chi connectivity index (χ1n) is 6.73. The summed E-state index contributed by atoms with van der Waals surface area (Å²) in [6, 6.07) is 10.4. The van der Waals surface area contributed by atoms with Crippen molar-refractivity contribution < 1.29 is 33.5 Å². The highest BCUT2D eigenvalue weighted by atomic mass is 19.4. The predicted molar refractivity (Wildman–Crippen MR) is 73.2 cm³/mol. The molecule has 0 saturated carbocycles. The molecule has 3 N–H and O–H groups in total. The van der Waals surface area contributed by atoms with E-state index in [1.807, 2.05) is 0 Å². The number of alkyl halides is 3. The van der Waals surface area contributed by atoms with Gasteiger partial charge in [-0.3, -0.25) is 0 Å². The summed E-state index contributed by atoms with van der Waals surface area (Å²) in [6.45, 7) is 0. The van der Waals surface area contributed by atoms with E-state index in [9.17, 15) is 23.1 Å². The maximum Gasteiger partial charge on any atom is 0.416 e. The van der Waals surface area contributed by atoms with Crippen molar-refractivity contribution in [1.82, 2.24) is 0 Å². The van der Waals surface area contributed by atoms with Gasteiger partial charge >= 0.3 is 6.18 Å². The van der Waals surface area contributed by atoms with E-state index in [4.69, 9.17) is 4.74 Å². The lowest BCUT2D eigenvalue weighted by atomic mass is 10.0. The van der Waals surface area contributed by atoms with E-state index < -0.39 is 23.8 Å². The van der Waals surface area contributed by atoms with E-state index in [1.54, 1.807) is 24.3 Å². The highest BCUT2D eigenvalue weighted by Gasteiger charge is 2.30. The molecule has 0 unspecified atom stereocenters. The third kappa shape index (κ3) is 4.72. The van der Waals surface area contributed by atoms with Gasteiger partial charge in [-0.15, -0.1) is 0 Å². The van der Waals surface area contributed by atoms with Gasteiger partial charge in [0, 0.05) is 18.0 Å². The predicted octanol–water partition coefficient (Wildman–Crippen LogP) is 1.92. The van der Waals surface area contributed by atoms with Crippen molar-refractivity contribution in [1.29, 1.82) is 0 Å². The molecule has 2 aromatic carbocycles. The molecule has 23 heavy (non-hydrogen) atoms. The summed E-state index contributed by atoms with van der Waals surface area (Å²) >= 11 is 0. The van der Waals surface area contributed by atoms with Gasteiger partial charge in [0.2, 0.25) is 0 Å². The van der Waals surface area contributed by atoms with Gasteiger partial charge in [0.25, 0.3) is 0 Å². The van der Waals surface area contributed by atoms with Crippen LogP contribution in [0.2, 0.25) is 0 Å². The highest BCUT2D eigenvalue weighted by Crippen LogP contribution is 2.33. The fraction of sp³-hybridized carbons (Fsp3) is 0.188. The fourth-order valence-corrected chi connectivity index (χ4v) is 2.02. The minimum atomic E-state index is -4.45. The Balaban J connectivity index is 2.19. The summed E-state index contributed by atoms with van der Waals surface area (Å²) in [6.07, 6.45) is -4.71. The van der Waals surface area contributed by atoms with Crippen molar-refractivity contribution in [3.63, 3.8) is 0 Å². The molecule has 0 amide bonds. The molecule has 2 aromatic rings. The maximum absolute atomic E-state index is 12.7. The Morgan fingerprint density at radius 3 is 2.35 bits per heavy atom. The average Bonchev–Trinajstić information content (AvgIpc) is 2.46. The number of carboxylic acids is 1. The number of carboxylic acid groups (broad SMARTS) is 1. The number of carbonyl (C=O) groups excluding carboxylic acids is 1. The lowest BCUT2D eigenvalue weighted by Crippen LogP contribution is -2.55. The summed E-state index contributed by atoms with van der Waals surface area (Å²) < 4.78 is 43.4. The van der Waals surface area contributed by atoms with Crippen LogP contribution in [0.15, 0.2) is 48.5 Å². The van der Waals surface area contributed by atoms with Crippen molar-refractivity contribution >= 4 is 5.97 Å². The van der Waals surface area contributed by atoms with Crippen LogP contribution >= 0.6 is 0 Å². The van der Waals surface area contributed by atoms with Crippen LogP contribution < -0.4 is 15.6 Å². The van der Waals surface area contributed by atoms with Crippen LogP contribution in [0.3, 0.4) is 0 Å². The molecule has 122 valence electrons. The maximum atomic E-state index is 12.7. The fourth-order valence-electron chi connectivity index (χ4n) is 2.02. The number of carbonyl (C=O) groups is 1. The summed E-state index contributed by atoms with van der Waals surface area (Å²) in [5.41, 5.74) is 3.51. The Labute approximate surface area is 130 Å². The van der Waals surface area contributed by atoms with Crippen molar-refractivity contribution in [3.05, 3.63) is 59.7 Å². The molecule has 0 spiro atoms. The molecule has 0 bridgehead atoms. The largest absolute Gasteiger partial charge is 0.550 e. The molecular weight excluding hydrogens is 311 g/mol. The molecule has 0 fully saturated rings. The molecule has 0 heterocycles. The van der Waals surface area contributed by atoms with Gasteiger partial charge in [-0.05, 0) is 30.3 Å². The average molecular weight is 325 g/mol. The van der Waals surface area contributed by atoms with Crippen LogP contribution in [-0.2, 0) is 11.0 Å². The van der Waals surface area contributed by atoms with Crippen LogP contribution in [0.25, 0.3) is 0 Å². The zero-order valence-corrected chi connectivity index (χ0v) is 12.0. The van der Waals surface area contributed by atoms with Gasteiger partial charge in [0.05, 0.1) is 5.56 Å². The molecule has 4 nitrogen and oxygen atoms in total. The Morgan fingerprint density at radius 2 is 1.74 bits per heavy atom. The van der Waals surface area contributed by atoms with E-state index in [0.717, 1.165) is 12.1 Å². The number of rotatable bonds is 5. The molecule has 0 aliphatic rings. The minimum absolute atomic E-state index is 0.0393. The number of benzene rings is 2. The van der Waals surface area contributed by atoms with Crippen LogP contribution in [0.4, 0.5) is 13.2 Å². The summed E-state index contributed by atoms with van der Waals surface area (Å²) in [5.74, 6) is -0.888. The lowest BCUT2D eigenvalue weighted by molar-refractivity contribution is -0.430. The molecule has 2 rings (SSSR count).